The third-order valence-corrected chi connectivity index (χ3v) is 0.558. The minimum absolute atomic E-state index is 0.859. The van der Waals surface area contributed by atoms with Crippen LogP contribution < -0.4 is 0 Å². The smallest absolute Gasteiger partial charge is 0.148 e. The van der Waals surface area contributed by atoms with E-state index in [1.165, 1.54) is 0 Å². The SMILES string of the molecule is CCC#CO[CH]CC. The Labute approximate surface area is 51.0 Å². The van der Waals surface area contributed by atoms with Crippen molar-refractivity contribution in [2.24, 2.45) is 0 Å². The molecule has 1 nitrogen and oxygen atoms in total. The van der Waals surface area contributed by atoms with Crippen LogP contribution in [0.5, 0.6) is 0 Å². The average molecular weight is 111 g/mol. The molecule has 0 amide bonds. The molecule has 0 saturated heterocycles. The van der Waals surface area contributed by atoms with Crippen molar-refractivity contribution in [2.75, 3.05) is 0 Å². The van der Waals surface area contributed by atoms with E-state index in [0.29, 0.717) is 0 Å². The number of hydrogen-bond donors (Lipinski definition) is 0. The molecule has 0 heterocycles. The highest BCUT2D eigenvalue weighted by Crippen LogP contribution is 1.83. The van der Waals surface area contributed by atoms with Gasteiger partial charge in [0.05, 0.1) is 0 Å². The van der Waals surface area contributed by atoms with Crippen molar-refractivity contribution < 1.29 is 4.74 Å². The van der Waals surface area contributed by atoms with E-state index in [1.807, 2.05) is 13.8 Å². The molecule has 0 bridgehead atoms. The van der Waals surface area contributed by atoms with E-state index in [1.54, 1.807) is 6.61 Å². The first kappa shape index (κ1) is 7.36. The fourth-order valence-electron chi connectivity index (χ4n) is 0.239. The van der Waals surface area contributed by atoms with Crippen molar-refractivity contribution >= 4 is 0 Å². The van der Waals surface area contributed by atoms with Crippen LogP contribution in [0.1, 0.15) is 26.7 Å². The number of ether oxygens (including phenoxy) is 1. The summed E-state index contributed by atoms with van der Waals surface area (Å²) in [5.41, 5.74) is 0. The monoisotopic (exact) mass is 111 g/mol. The van der Waals surface area contributed by atoms with Gasteiger partial charge in [-0.05, 0) is 6.42 Å². The van der Waals surface area contributed by atoms with Crippen LogP contribution in [0.25, 0.3) is 0 Å². The van der Waals surface area contributed by atoms with Gasteiger partial charge in [0.1, 0.15) is 12.7 Å². The normalized spacial score (nSPS) is 7.25. The molecular formula is C7H11O. The second kappa shape index (κ2) is 6.36. The van der Waals surface area contributed by atoms with Gasteiger partial charge in [0.15, 0.2) is 0 Å². The van der Waals surface area contributed by atoms with Gasteiger partial charge in [-0.25, -0.2) is 0 Å². The summed E-state index contributed by atoms with van der Waals surface area (Å²) in [7, 11) is 0. The van der Waals surface area contributed by atoms with Gasteiger partial charge in [-0.15, -0.1) is 0 Å². The molecule has 0 N–H and O–H groups in total. The van der Waals surface area contributed by atoms with E-state index in [4.69, 9.17) is 4.74 Å². The Morgan fingerprint density at radius 3 is 2.75 bits per heavy atom. The first-order valence-electron chi connectivity index (χ1n) is 2.87. The molecule has 1 radical (unpaired) electrons. The molecule has 0 saturated carbocycles. The molecular weight excluding hydrogens is 100 g/mol. The summed E-state index contributed by atoms with van der Waals surface area (Å²) in [6.45, 7) is 5.68. The number of hydrogen-bond acceptors (Lipinski definition) is 1. The van der Waals surface area contributed by atoms with Crippen LogP contribution in [-0.4, -0.2) is 0 Å². The predicted octanol–water partition coefficient (Wildman–Crippen LogP) is 1.95. The van der Waals surface area contributed by atoms with Crippen LogP contribution >= 0.6 is 0 Å². The predicted molar refractivity (Wildman–Crippen MR) is 33.7 cm³/mol. The Balaban J connectivity index is 2.90. The Kier molecular flexibility index (Phi) is 5.85. The highest BCUT2D eigenvalue weighted by Gasteiger charge is 1.73. The molecule has 8 heavy (non-hydrogen) atoms. The average Bonchev–Trinajstić information content (AvgIpc) is 1.81. The van der Waals surface area contributed by atoms with E-state index in [0.717, 1.165) is 12.8 Å². The Bertz CT molecular complexity index is 86.3. The minimum atomic E-state index is 0.859. The first-order chi connectivity index (χ1) is 3.91. The van der Waals surface area contributed by atoms with Gasteiger partial charge in [-0.1, -0.05) is 19.8 Å². The second-order valence-corrected chi connectivity index (χ2v) is 1.33. The van der Waals surface area contributed by atoms with Crippen LogP contribution in [0.3, 0.4) is 0 Å². The molecule has 0 atom stereocenters. The van der Waals surface area contributed by atoms with Crippen molar-refractivity contribution in [1.82, 2.24) is 0 Å². The van der Waals surface area contributed by atoms with Gasteiger partial charge >= 0.3 is 0 Å². The molecule has 1 heteroatoms. The summed E-state index contributed by atoms with van der Waals surface area (Å²) in [4.78, 5) is 0. The molecule has 0 aliphatic rings. The Morgan fingerprint density at radius 2 is 2.25 bits per heavy atom. The summed E-state index contributed by atoms with van der Waals surface area (Å²) in [5.74, 6) is 2.78. The van der Waals surface area contributed by atoms with E-state index in [9.17, 15) is 0 Å². The zero-order valence-electron chi connectivity index (χ0n) is 5.40. The van der Waals surface area contributed by atoms with Gasteiger partial charge in [-0.3, -0.25) is 0 Å². The maximum Gasteiger partial charge on any atom is 0.148 e. The van der Waals surface area contributed by atoms with Crippen LogP contribution in [0.2, 0.25) is 0 Å². The lowest BCUT2D eigenvalue weighted by molar-refractivity contribution is 0.357. The molecule has 0 aromatic carbocycles. The van der Waals surface area contributed by atoms with Gasteiger partial charge in [0.25, 0.3) is 0 Å². The largest absolute Gasteiger partial charge is 0.439 e. The number of rotatable bonds is 2. The van der Waals surface area contributed by atoms with Crippen molar-refractivity contribution in [3.05, 3.63) is 6.61 Å². The highest BCUT2D eigenvalue weighted by atomic mass is 16.5. The lowest BCUT2D eigenvalue weighted by Gasteiger charge is -1.86. The van der Waals surface area contributed by atoms with E-state index >= 15 is 0 Å². The molecule has 0 fully saturated rings. The highest BCUT2D eigenvalue weighted by molar-refractivity contribution is 4.90. The van der Waals surface area contributed by atoms with E-state index < -0.39 is 0 Å². The lowest BCUT2D eigenvalue weighted by atomic mass is 10.5. The molecule has 0 unspecified atom stereocenters. The molecule has 0 aliphatic heterocycles. The quantitative estimate of drug-likeness (QED) is 0.391. The summed E-state index contributed by atoms with van der Waals surface area (Å²) < 4.78 is 4.74. The molecule has 0 aliphatic carbocycles. The summed E-state index contributed by atoms with van der Waals surface area (Å²) in [6, 6.07) is 0. The Hall–Kier alpha value is -0.640. The fraction of sp³-hybridized carbons (Fsp3) is 0.571. The topological polar surface area (TPSA) is 9.23 Å². The Morgan fingerprint density at radius 1 is 1.50 bits per heavy atom. The van der Waals surface area contributed by atoms with Gasteiger partial charge in [0, 0.05) is 6.42 Å². The summed E-state index contributed by atoms with van der Waals surface area (Å²) in [5, 5.41) is 0. The third kappa shape index (κ3) is 5.36. The van der Waals surface area contributed by atoms with Crippen molar-refractivity contribution in [2.45, 2.75) is 26.7 Å². The van der Waals surface area contributed by atoms with E-state index in [-0.39, 0.29) is 0 Å². The first-order valence-corrected chi connectivity index (χ1v) is 2.87. The van der Waals surface area contributed by atoms with Crippen molar-refractivity contribution in [1.29, 1.82) is 0 Å². The standard InChI is InChI=1S/C7H11O/c1-3-5-7-8-6-4-2/h6H,3-4H2,1-2H3. The second-order valence-electron chi connectivity index (χ2n) is 1.33. The summed E-state index contributed by atoms with van der Waals surface area (Å²) in [6.07, 6.45) is 4.30. The van der Waals surface area contributed by atoms with E-state index in [2.05, 4.69) is 12.0 Å². The fourth-order valence-corrected chi connectivity index (χ4v) is 0.239. The molecule has 0 spiro atoms. The van der Waals surface area contributed by atoms with Crippen molar-refractivity contribution in [3.8, 4) is 12.0 Å². The van der Waals surface area contributed by atoms with Crippen LogP contribution in [0, 0.1) is 18.6 Å². The van der Waals surface area contributed by atoms with Gasteiger partial charge < -0.3 is 4.74 Å². The molecule has 0 rings (SSSR count). The zero-order valence-corrected chi connectivity index (χ0v) is 5.40. The molecule has 0 aromatic heterocycles. The minimum Gasteiger partial charge on any atom is -0.439 e. The van der Waals surface area contributed by atoms with Crippen LogP contribution in [0.15, 0.2) is 0 Å². The zero-order chi connectivity index (χ0) is 6.24. The molecule has 45 valence electrons. The van der Waals surface area contributed by atoms with Crippen LogP contribution in [-0.2, 0) is 4.74 Å². The van der Waals surface area contributed by atoms with Crippen molar-refractivity contribution in [3.63, 3.8) is 0 Å². The van der Waals surface area contributed by atoms with Crippen LogP contribution in [0.4, 0.5) is 0 Å². The van der Waals surface area contributed by atoms with Gasteiger partial charge in [-0.2, -0.15) is 0 Å². The summed E-state index contributed by atoms with van der Waals surface area (Å²) >= 11 is 0. The third-order valence-electron chi connectivity index (χ3n) is 0.558. The lowest BCUT2D eigenvalue weighted by Crippen LogP contribution is -1.73. The maximum atomic E-state index is 4.74. The molecule has 0 aromatic rings. The van der Waals surface area contributed by atoms with Gasteiger partial charge in [0.2, 0.25) is 0 Å². The maximum absolute atomic E-state index is 4.74.